The number of unbranched alkanes of at least 4 members (excludes halogenated alkanes) is 1. The predicted octanol–water partition coefficient (Wildman–Crippen LogP) is 1.92. The fourth-order valence-electron chi connectivity index (χ4n) is 1.53. The number of ether oxygens (including phenoxy) is 1. The van der Waals surface area contributed by atoms with E-state index in [1.54, 1.807) is 0 Å². The molecule has 1 atom stereocenters. The highest BCUT2D eigenvalue weighted by molar-refractivity contribution is 5.13. The van der Waals surface area contributed by atoms with Gasteiger partial charge in [0, 0.05) is 19.2 Å². The summed E-state index contributed by atoms with van der Waals surface area (Å²) in [4.78, 5) is 0. The third-order valence-corrected chi connectivity index (χ3v) is 2.67. The summed E-state index contributed by atoms with van der Waals surface area (Å²) in [7, 11) is 0. The molecule has 3 nitrogen and oxygen atoms in total. The Kier molecular flexibility index (Phi) is 7.63. The highest BCUT2D eigenvalue weighted by Gasteiger charge is 1.96. The highest BCUT2D eigenvalue weighted by Crippen LogP contribution is 2.01. The van der Waals surface area contributed by atoms with Crippen LogP contribution in [0.4, 0.5) is 0 Å². The highest BCUT2D eigenvalue weighted by atomic mass is 16.5. The number of rotatable bonds is 9. The quantitative estimate of drug-likeness (QED) is 0.644. The topological polar surface area (TPSA) is 47.3 Å². The molecule has 0 bridgehead atoms. The first-order valence-electron chi connectivity index (χ1n) is 6.38. The number of benzene rings is 1. The van der Waals surface area contributed by atoms with Gasteiger partial charge >= 0.3 is 0 Å². The van der Waals surface area contributed by atoms with E-state index in [4.69, 9.17) is 10.5 Å². The van der Waals surface area contributed by atoms with Crippen LogP contribution in [0, 0.1) is 0 Å². The summed E-state index contributed by atoms with van der Waals surface area (Å²) in [5, 5.41) is 3.36. The van der Waals surface area contributed by atoms with Crippen LogP contribution in [-0.4, -0.2) is 25.7 Å². The van der Waals surface area contributed by atoms with Gasteiger partial charge in [-0.3, -0.25) is 0 Å². The summed E-state index contributed by atoms with van der Waals surface area (Å²) in [6.07, 6.45) is 2.23. The largest absolute Gasteiger partial charge is 0.377 e. The van der Waals surface area contributed by atoms with Gasteiger partial charge in [-0.2, -0.15) is 0 Å². The molecule has 0 heterocycles. The van der Waals surface area contributed by atoms with Gasteiger partial charge in [0.2, 0.25) is 0 Å². The van der Waals surface area contributed by atoms with Crippen LogP contribution in [0.3, 0.4) is 0 Å². The van der Waals surface area contributed by atoms with Crippen LogP contribution in [0.5, 0.6) is 0 Å². The van der Waals surface area contributed by atoms with E-state index in [9.17, 15) is 0 Å². The normalized spacial score (nSPS) is 12.6. The Morgan fingerprint density at radius 1 is 1.24 bits per heavy atom. The molecule has 3 heteroatoms. The Morgan fingerprint density at radius 3 is 2.71 bits per heavy atom. The number of nitrogens with one attached hydrogen (secondary N) is 1. The van der Waals surface area contributed by atoms with Crippen molar-refractivity contribution in [3.05, 3.63) is 35.9 Å². The second kappa shape index (κ2) is 9.16. The zero-order valence-corrected chi connectivity index (χ0v) is 10.7. The molecule has 0 spiro atoms. The maximum absolute atomic E-state index is 5.60. The molecule has 0 radical (unpaired) electrons. The second-order valence-electron chi connectivity index (χ2n) is 4.34. The average Bonchev–Trinajstić information content (AvgIpc) is 2.38. The lowest BCUT2D eigenvalue weighted by atomic mass is 10.2. The molecule has 17 heavy (non-hydrogen) atoms. The molecule has 0 amide bonds. The SMILES string of the molecule is CC(CN)NCCCCOCc1ccccc1. The minimum absolute atomic E-state index is 0.417. The van der Waals surface area contributed by atoms with Crippen molar-refractivity contribution in [3.8, 4) is 0 Å². The van der Waals surface area contributed by atoms with Crippen molar-refractivity contribution in [2.24, 2.45) is 5.73 Å². The van der Waals surface area contributed by atoms with Gasteiger partial charge in [0.05, 0.1) is 6.61 Å². The van der Waals surface area contributed by atoms with Crippen molar-refractivity contribution in [1.82, 2.24) is 5.32 Å². The molecule has 0 saturated heterocycles. The van der Waals surface area contributed by atoms with Crippen LogP contribution in [0.1, 0.15) is 25.3 Å². The Labute approximate surface area is 104 Å². The van der Waals surface area contributed by atoms with Gasteiger partial charge in [-0.15, -0.1) is 0 Å². The van der Waals surface area contributed by atoms with Crippen LogP contribution < -0.4 is 11.1 Å². The summed E-state index contributed by atoms with van der Waals surface area (Å²) in [5.41, 5.74) is 6.75. The third kappa shape index (κ3) is 7.10. The Hall–Kier alpha value is -0.900. The van der Waals surface area contributed by atoms with Gasteiger partial charge in [-0.1, -0.05) is 30.3 Å². The molecular formula is C14H24N2O. The van der Waals surface area contributed by atoms with Crippen LogP contribution in [0.2, 0.25) is 0 Å². The molecule has 0 aromatic heterocycles. The molecule has 0 aliphatic heterocycles. The smallest absolute Gasteiger partial charge is 0.0716 e. The van der Waals surface area contributed by atoms with E-state index in [0.29, 0.717) is 19.2 Å². The Balaban J connectivity index is 1.91. The molecule has 3 N–H and O–H groups in total. The van der Waals surface area contributed by atoms with Crippen LogP contribution >= 0.6 is 0 Å². The Morgan fingerprint density at radius 2 is 2.00 bits per heavy atom. The van der Waals surface area contributed by atoms with E-state index in [-0.39, 0.29) is 0 Å². The van der Waals surface area contributed by atoms with Gasteiger partial charge in [0.25, 0.3) is 0 Å². The molecule has 0 aliphatic rings. The lowest BCUT2D eigenvalue weighted by molar-refractivity contribution is 0.117. The third-order valence-electron chi connectivity index (χ3n) is 2.67. The van der Waals surface area contributed by atoms with E-state index in [1.807, 2.05) is 18.2 Å². The van der Waals surface area contributed by atoms with Crippen molar-refractivity contribution in [2.75, 3.05) is 19.7 Å². The predicted molar refractivity (Wildman–Crippen MR) is 71.9 cm³/mol. The summed E-state index contributed by atoms with van der Waals surface area (Å²) < 4.78 is 5.60. The zero-order chi connectivity index (χ0) is 12.3. The standard InChI is InChI=1S/C14H24N2O/c1-13(11-15)16-9-5-6-10-17-12-14-7-3-2-4-8-14/h2-4,7-8,13,16H,5-6,9-12,15H2,1H3. The van der Waals surface area contributed by atoms with Crippen molar-refractivity contribution in [1.29, 1.82) is 0 Å². The van der Waals surface area contributed by atoms with E-state index in [1.165, 1.54) is 5.56 Å². The minimum Gasteiger partial charge on any atom is -0.377 e. The summed E-state index contributed by atoms with van der Waals surface area (Å²) in [6, 6.07) is 10.7. The molecule has 0 fully saturated rings. The van der Waals surface area contributed by atoms with Crippen LogP contribution in [0.25, 0.3) is 0 Å². The van der Waals surface area contributed by atoms with Gasteiger partial charge in [0.15, 0.2) is 0 Å². The molecule has 1 rings (SSSR count). The maximum atomic E-state index is 5.60. The van der Waals surface area contributed by atoms with Gasteiger partial charge < -0.3 is 15.8 Å². The van der Waals surface area contributed by atoms with Crippen molar-refractivity contribution in [2.45, 2.75) is 32.4 Å². The summed E-state index contributed by atoms with van der Waals surface area (Å²) in [5.74, 6) is 0. The zero-order valence-electron chi connectivity index (χ0n) is 10.7. The fourth-order valence-corrected chi connectivity index (χ4v) is 1.53. The maximum Gasteiger partial charge on any atom is 0.0716 e. The Bertz CT molecular complexity index is 277. The van der Waals surface area contributed by atoms with Gasteiger partial charge in [0.1, 0.15) is 0 Å². The molecule has 0 saturated carbocycles. The van der Waals surface area contributed by atoms with Crippen LogP contribution in [0.15, 0.2) is 30.3 Å². The lowest BCUT2D eigenvalue weighted by Crippen LogP contribution is -2.33. The summed E-state index contributed by atoms with van der Waals surface area (Å²) in [6.45, 7) is 5.37. The lowest BCUT2D eigenvalue weighted by Gasteiger charge is -2.10. The first-order chi connectivity index (χ1) is 8.33. The van der Waals surface area contributed by atoms with Gasteiger partial charge in [-0.25, -0.2) is 0 Å². The fraction of sp³-hybridized carbons (Fsp3) is 0.571. The molecule has 1 aromatic rings. The number of hydrogen-bond acceptors (Lipinski definition) is 3. The molecule has 1 unspecified atom stereocenters. The van der Waals surface area contributed by atoms with Crippen LogP contribution in [-0.2, 0) is 11.3 Å². The van der Waals surface area contributed by atoms with Crippen molar-refractivity contribution >= 4 is 0 Å². The average molecular weight is 236 g/mol. The molecule has 1 aromatic carbocycles. The monoisotopic (exact) mass is 236 g/mol. The van der Waals surface area contributed by atoms with E-state index in [0.717, 1.165) is 26.0 Å². The second-order valence-corrected chi connectivity index (χ2v) is 4.34. The number of hydrogen-bond donors (Lipinski definition) is 2. The van der Waals surface area contributed by atoms with Crippen molar-refractivity contribution < 1.29 is 4.74 Å². The first-order valence-corrected chi connectivity index (χ1v) is 6.38. The van der Waals surface area contributed by atoms with E-state index in [2.05, 4.69) is 24.4 Å². The van der Waals surface area contributed by atoms with Crippen molar-refractivity contribution in [3.63, 3.8) is 0 Å². The minimum atomic E-state index is 0.417. The molecule has 0 aliphatic carbocycles. The first kappa shape index (κ1) is 14.2. The summed E-state index contributed by atoms with van der Waals surface area (Å²) >= 11 is 0. The molecular weight excluding hydrogens is 212 g/mol. The molecule has 96 valence electrons. The number of nitrogens with two attached hydrogens (primary N) is 1. The van der Waals surface area contributed by atoms with E-state index < -0.39 is 0 Å². The van der Waals surface area contributed by atoms with Gasteiger partial charge in [-0.05, 0) is 31.9 Å². The van der Waals surface area contributed by atoms with E-state index >= 15 is 0 Å².